The van der Waals surface area contributed by atoms with E-state index in [2.05, 4.69) is 27.2 Å². The van der Waals surface area contributed by atoms with Crippen molar-refractivity contribution in [2.24, 2.45) is 0 Å². The fourth-order valence-corrected chi connectivity index (χ4v) is 6.13. The Morgan fingerprint density at radius 2 is 1.97 bits per heavy atom. The molecule has 0 amide bonds. The van der Waals surface area contributed by atoms with Crippen LogP contribution in [0, 0.1) is 11.3 Å². The minimum Gasteiger partial charge on any atom is -0.369 e. The highest BCUT2D eigenvalue weighted by atomic mass is 32.2. The number of fused-ring (bicyclic) bond motifs is 3. The van der Waals surface area contributed by atoms with Crippen molar-refractivity contribution in [2.45, 2.75) is 48.3 Å². The lowest BCUT2D eigenvalue weighted by molar-refractivity contribution is 0.138. The van der Waals surface area contributed by atoms with Crippen molar-refractivity contribution < 1.29 is 13.2 Å². The third-order valence-corrected chi connectivity index (χ3v) is 8.07. The molecule has 0 spiro atoms. The Morgan fingerprint density at radius 1 is 1.20 bits per heavy atom. The number of rotatable bonds is 7. The maximum Gasteiger partial charge on any atom is 0.226 e. The van der Waals surface area contributed by atoms with E-state index in [9.17, 15) is 8.42 Å². The first-order chi connectivity index (χ1) is 17.0. The molecule has 4 aromatic rings. The van der Waals surface area contributed by atoms with E-state index in [-0.39, 0.29) is 22.6 Å². The molecule has 35 heavy (non-hydrogen) atoms. The molecule has 0 radical (unpaired) electrons. The molecule has 5 rings (SSSR count). The smallest absolute Gasteiger partial charge is 0.226 e. The van der Waals surface area contributed by atoms with E-state index in [0.717, 1.165) is 42.2 Å². The number of sulfone groups is 1. The predicted octanol–water partition coefficient (Wildman–Crippen LogP) is 5.01. The van der Waals surface area contributed by atoms with Gasteiger partial charge in [0, 0.05) is 23.7 Å². The summed E-state index contributed by atoms with van der Waals surface area (Å²) in [5.41, 5.74) is 2.71. The molecular formula is C26H25N5O3S. The number of hydrogen-bond donors (Lipinski definition) is 1. The van der Waals surface area contributed by atoms with Crippen LogP contribution in [0.4, 0.5) is 0 Å². The maximum atomic E-state index is 13.7. The lowest BCUT2D eigenvalue weighted by Gasteiger charge is -2.27. The molecule has 9 heteroatoms. The number of aromatic amines is 1. The van der Waals surface area contributed by atoms with Crippen molar-refractivity contribution in [2.75, 3.05) is 6.61 Å². The second-order valence-corrected chi connectivity index (χ2v) is 10.4. The molecule has 1 fully saturated rings. The van der Waals surface area contributed by atoms with E-state index in [1.54, 1.807) is 48.7 Å². The van der Waals surface area contributed by atoms with Crippen LogP contribution in [0.15, 0.2) is 76.8 Å². The van der Waals surface area contributed by atoms with Gasteiger partial charge in [-0.2, -0.15) is 5.26 Å². The van der Waals surface area contributed by atoms with Gasteiger partial charge >= 0.3 is 0 Å². The van der Waals surface area contributed by atoms with Gasteiger partial charge in [0.15, 0.2) is 5.03 Å². The van der Waals surface area contributed by atoms with E-state index in [1.165, 1.54) is 0 Å². The second kappa shape index (κ2) is 9.49. The Labute approximate surface area is 203 Å². The molecule has 0 aliphatic heterocycles. The minimum atomic E-state index is -3.92. The predicted molar refractivity (Wildman–Crippen MR) is 132 cm³/mol. The normalized spacial score (nSPS) is 16.4. The van der Waals surface area contributed by atoms with Gasteiger partial charge in [-0.05, 0) is 43.9 Å². The van der Waals surface area contributed by atoms with Gasteiger partial charge in [-0.1, -0.05) is 29.8 Å². The third kappa shape index (κ3) is 4.16. The zero-order valence-corrected chi connectivity index (χ0v) is 20.0. The van der Waals surface area contributed by atoms with Gasteiger partial charge in [0.1, 0.15) is 23.6 Å². The highest BCUT2D eigenvalue weighted by Gasteiger charge is 2.31. The van der Waals surface area contributed by atoms with Crippen LogP contribution in [-0.2, 0) is 21.2 Å². The Hall–Kier alpha value is -3.74. The number of H-pyrrole nitrogens is 1. The number of nitrogens with zero attached hydrogens (tertiary/aromatic N) is 4. The van der Waals surface area contributed by atoms with Crippen LogP contribution in [-0.4, -0.2) is 34.5 Å². The standard InChI is InChI=1S/C26H25N5O3S/c1-2-16-34-17-22-29-23-24(31(22)19-10-8-18(9-11-19)12-14-27)21-13-15-28-25(21)30-26(23)35(32,33)20-6-4-3-5-7-20/h2-7,12-13,15,19H,1,8-11,16-17H2,(H,28,30). The molecule has 0 bridgehead atoms. The maximum absolute atomic E-state index is 13.7. The number of hydrogen-bond acceptors (Lipinski definition) is 6. The number of nitriles is 1. The van der Waals surface area contributed by atoms with Crippen molar-refractivity contribution in [3.8, 4) is 6.07 Å². The van der Waals surface area contributed by atoms with Crippen LogP contribution >= 0.6 is 0 Å². The second-order valence-electron chi connectivity index (χ2n) is 8.54. The molecule has 3 aromatic heterocycles. The van der Waals surface area contributed by atoms with Crippen LogP contribution in [0.1, 0.15) is 37.5 Å². The molecule has 1 N–H and O–H groups in total. The summed E-state index contributed by atoms with van der Waals surface area (Å²) in [5, 5.41) is 9.78. The summed E-state index contributed by atoms with van der Waals surface area (Å²) in [4.78, 5) is 12.6. The highest BCUT2D eigenvalue weighted by Crippen LogP contribution is 2.39. The average Bonchev–Trinajstić information content (AvgIpc) is 3.49. The van der Waals surface area contributed by atoms with E-state index in [0.29, 0.717) is 23.6 Å². The number of aromatic nitrogens is 4. The molecule has 0 saturated heterocycles. The molecule has 1 aliphatic carbocycles. The Kier molecular flexibility index (Phi) is 6.24. The number of allylic oxidation sites excluding steroid dienone is 2. The number of ether oxygens (including phenoxy) is 1. The fourth-order valence-electron chi connectivity index (χ4n) is 4.78. The van der Waals surface area contributed by atoms with Crippen molar-refractivity contribution in [3.63, 3.8) is 0 Å². The topological polar surface area (TPSA) is 114 Å². The summed E-state index contributed by atoms with van der Waals surface area (Å²) < 4.78 is 35.2. The summed E-state index contributed by atoms with van der Waals surface area (Å²) in [6.45, 7) is 4.28. The highest BCUT2D eigenvalue weighted by molar-refractivity contribution is 7.91. The third-order valence-electron chi connectivity index (χ3n) is 6.39. The van der Waals surface area contributed by atoms with Gasteiger partial charge in [-0.15, -0.1) is 6.58 Å². The quantitative estimate of drug-likeness (QED) is 0.223. The Morgan fingerprint density at radius 3 is 2.69 bits per heavy atom. The minimum absolute atomic E-state index is 0.0711. The zero-order chi connectivity index (χ0) is 24.4. The van der Waals surface area contributed by atoms with E-state index >= 15 is 0 Å². The van der Waals surface area contributed by atoms with Crippen molar-refractivity contribution in [1.29, 1.82) is 5.26 Å². The first kappa shape index (κ1) is 23.0. The van der Waals surface area contributed by atoms with Gasteiger partial charge in [0.2, 0.25) is 9.84 Å². The SMILES string of the molecule is C=CCOCc1nc2c(S(=O)(=O)c3ccccc3)nc3[nH]ccc3c2n1C1CCC(=CC#N)CC1. The number of nitrogens with one attached hydrogen (secondary N) is 1. The summed E-state index contributed by atoms with van der Waals surface area (Å²) in [7, 11) is -3.92. The Balaban J connectivity index is 1.74. The van der Waals surface area contributed by atoms with Crippen molar-refractivity contribution in [3.05, 3.63) is 72.7 Å². The molecule has 1 aromatic carbocycles. The molecule has 8 nitrogen and oxygen atoms in total. The van der Waals surface area contributed by atoms with Gasteiger partial charge in [-0.3, -0.25) is 0 Å². The molecule has 1 saturated carbocycles. The lowest BCUT2D eigenvalue weighted by Crippen LogP contribution is -2.17. The van der Waals surface area contributed by atoms with Gasteiger partial charge < -0.3 is 14.3 Å². The van der Waals surface area contributed by atoms with E-state index in [4.69, 9.17) is 15.0 Å². The van der Waals surface area contributed by atoms with Crippen LogP contribution in [0.5, 0.6) is 0 Å². The summed E-state index contributed by atoms with van der Waals surface area (Å²) in [5.74, 6) is 0.652. The zero-order valence-electron chi connectivity index (χ0n) is 19.1. The molecule has 0 unspecified atom stereocenters. The number of imidazole rings is 1. The Bertz CT molecular complexity index is 1570. The molecule has 1 aliphatic rings. The number of benzene rings is 1. The van der Waals surface area contributed by atoms with Crippen molar-refractivity contribution >= 4 is 31.9 Å². The van der Waals surface area contributed by atoms with E-state index in [1.807, 2.05) is 6.07 Å². The summed E-state index contributed by atoms with van der Waals surface area (Å²) >= 11 is 0. The van der Waals surface area contributed by atoms with Crippen LogP contribution < -0.4 is 0 Å². The van der Waals surface area contributed by atoms with Crippen LogP contribution in [0.3, 0.4) is 0 Å². The summed E-state index contributed by atoms with van der Waals surface area (Å²) in [6.07, 6.45) is 8.32. The van der Waals surface area contributed by atoms with Crippen molar-refractivity contribution in [1.82, 2.24) is 19.5 Å². The van der Waals surface area contributed by atoms with E-state index < -0.39 is 9.84 Å². The largest absolute Gasteiger partial charge is 0.369 e. The first-order valence-electron chi connectivity index (χ1n) is 11.5. The molecule has 3 heterocycles. The average molecular weight is 488 g/mol. The molecule has 178 valence electrons. The first-order valence-corrected chi connectivity index (χ1v) is 13.0. The van der Waals surface area contributed by atoms with Gasteiger partial charge in [-0.25, -0.2) is 18.4 Å². The summed E-state index contributed by atoms with van der Waals surface area (Å²) in [6, 6.07) is 12.4. The lowest BCUT2D eigenvalue weighted by atomic mass is 9.90. The van der Waals surface area contributed by atoms with Crippen LogP contribution in [0.25, 0.3) is 22.1 Å². The fraction of sp³-hybridized carbons (Fsp3) is 0.269. The van der Waals surface area contributed by atoms with Crippen LogP contribution in [0.2, 0.25) is 0 Å². The van der Waals surface area contributed by atoms with Gasteiger partial charge in [0.05, 0.1) is 23.1 Å². The monoisotopic (exact) mass is 487 g/mol. The molecule has 0 atom stereocenters. The van der Waals surface area contributed by atoms with Gasteiger partial charge in [0.25, 0.3) is 0 Å². The molecular weight excluding hydrogens is 462 g/mol. The number of pyridine rings is 1.